The molecule has 0 bridgehead atoms. The van der Waals surface area contributed by atoms with Gasteiger partial charge in [-0.15, -0.1) is 0 Å². The lowest BCUT2D eigenvalue weighted by molar-refractivity contribution is -0.385. The minimum absolute atomic E-state index is 0.0755. The highest BCUT2D eigenvalue weighted by atomic mass is 16.6. The van der Waals surface area contributed by atoms with Crippen LogP contribution in [0.25, 0.3) is 0 Å². The number of hydrogen-bond donors (Lipinski definition) is 1. The van der Waals surface area contributed by atoms with Crippen LogP contribution in [-0.2, 0) is 11.3 Å². The van der Waals surface area contributed by atoms with Crippen LogP contribution < -0.4 is 5.32 Å². The SMILES string of the molecule is Cc1c(CNC(=O)C(C)(C)C)cccc1[N+](=O)[O-]. The van der Waals surface area contributed by atoms with Gasteiger partial charge in [-0.3, -0.25) is 14.9 Å². The molecule has 0 aliphatic rings. The summed E-state index contributed by atoms with van der Waals surface area (Å²) in [5.41, 5.74) is 0.977. The lowest BCUT2D eigenvalue weighted by Gasteiger charge is -2.18. The molecule has 0 aromatic heterocycles. The molecule has 98 valence electrons. The fourth-order valence-corrected chi connectivity index (χ4v) is 1.50. The number of nitrogens with zero attached hydrogens (tertiary/aromatic N) is 1. The molecule has 0 saturated heterocycles. The molecule has 0 saturated carbocycles. The van der Waals surface area contributed by atoms with Gasteiger partial charge in [0.15, 0.2) is 0 Å². The van der Waals surface area contributed by atoms with E-state index in [1.165, 1.54) is 6.07 Å². The third-order valence-electron chi connectivity index (χ3n) is 2.73. The highest BCUT2D eigenvalue weighted by Gasteiger charge is 2.21. The molecule has 0 radical (unpaired) electrons. The molecule has 1 aromatic carbocycles. The summed E-state index contributed by atoms with van der Waals surface area (Å²) >= 11 is 0. The number of rotatable bonds is 3. The van der Waals surface area contributed by atoms with E-state index in [0.29, 0.717) is 12.1 Å². The van der Waals surface area contributed by atoms with Gasteiger partial charge in [-0.2, -0.15) is 0 Å². The second-order valence-corrected chi connectivity index (χ2v) is 5.25. The largest absolute Gasteiger partial charge is 0.352 e. The summed E-state index contributed by atoms with van der Waals surface area (Å²) in [4.78, 5) is 22.1. The van der Waals surface area contributed by atoms with Gasteiger partial charge < -0.3 is 5.32 Å². The Labute approximate surface area is 106 Å². The highest BCUT2D eigenvalue weighted by molar-refractivity contribution is 5.81. The predicted octanol–water partition coefficient (Wildman–Crippen LogP) is 2.57. The first-order valence-corrected chi connectivity index (χ1v) is 5.74. The molecular formula is C13H18N2O3. The molecule has 0 fully saturated rings. The van der Waals surface area contributed by atoms with Crippen molar-refractivity contribution in [2.45, 2.75) is 34.2 Å². The van der Waals surface area contributed by atoms with E-state index in [1.54, 1.807) is 19.1 Å². The summed E-state index contributed by atoms with van der Waals surface area (Å²) in [5, 5.41) is 13.6. The van der Waals surface area contributed by atoms with Crippen LogP contribution in [-0.4, -0.2) is 10.8 Å². The van der Waals surface area contributed by atoms with Crippen LogP contribution in [0.3, 0.4) is 0 Å². The molecule has 0 spiro atoms. The molecule has 5 nitrogen and oxygen atoms in total. The van der Waals surface area contributed by atoms with E-state index in [-0.39, 0.29) is 11.6 Å². The summed E-state index contributed by atoms with van der Waals surface area (Å²) in [7, 11) is 0. The normalized spacial score (nSPS) is 11.1. The molecule has 0 heterocycles. The minimum Gasteiger partial charge on any atom is -0.352 e. The molecule has 1 amide bonds. The van der Waals surface area contributed by atoms with Gasteiger partial charge >= 0.3 is 0 Å². The maximum Gasteiger partial charge on any atom is 0.272 e. The maximum absolute atomic E-state index is 11.7. The lowest BCUT2D eigenvalue weighted by atomic mass is 9.95. The number of hydrogen-bond acceptors (Lipinski definition) is 3. The molecule has 0 aliphatic heterocycles. The van der Waals surface area contributed by atoms with Crippen molar-refractivity contribution in [3.8, 4) is 0 Å². The van der Waals surface area contributed by atoms with Crippen LogP contribution in [0.5, 0.6) is 0 Å². The number of carbonyl (C=O) groups excluding carboxylic acids is 1. The zero-order chi connectivity index (χ0) is 13.9. The second-order valence-electron chi connectivity index (χ2n) is 5.25. The molecule has 1 rings (SSSR count). The van der Waals surface area contributed by atoms with Crippen LogP contribution in [0.2, 0.25) is 0 Å². The minimum atomic E-state index is -0.464. The third-order valence-corrected chi connectivity index (χ3v) is 2.73. The Morgan fingerprint density at radius 1 is 1.39 bits per heavy atom. The Bertz CT molecular complexity index is 476. The van der Waals surface area contributed by atoms with Crippen LogP contribution in [0.1, 0.15) is 31.9 Å². The third kappa shape index (κ3) is 3.29. The van der Waals surface area contributed by atoms with Gasteiger partial charge in [-0.05, 0) is 12.5 Å². The first kappa shape index (κ1) is 14.2. The fraction of sp³-hybridized carbons (Fsp3) is 0.462. The standard InChI is InChI=1S/C13H18N2O3/c1-9-10(6-5-7-11(9)15(17)18)8-14-12(16)13(2,3)4/h5-7H,8H2,1-4H3,(H,14,16). The Morgan fingerprint density at radius 2 is 2.00 bits per heavy atom. The van der Waals surface area contributed by atoms with Crippen molar-refractivity contribution in [3.63, 3.8) is 0 Å². The molecule has 0 unspecified atom stereocenters. The number of nitrogens with one attached hydrogen (secondary N) is 1. The van der Waals surface area contributed by atoms with Crippen molar-refractivity contribution < 1.29 is 9.72 Å². The predicted molar refractivity (Wildman–Crippen MR) is 69.1 cm³/mol. The van der Waals surface area contributed by atoms with Gasteiger partial charge in [-0.1, -0.05) is 32.9 Å². The number of carbonyl (C=O) groups is 1. The van der Waals surface area contributed by atoms with Crippen molar-refractivity contribution >= 4 is 11.6 Å². The van der Waals surface area contributed by atoms with E-state index in [4.69, 9.17) is 0 Å². The van der Waals surface area contributed by atoms with Crippen molar-refractivity contribution in [2.75, 3.05) is 0 Å². The second kappa shape index (κ2) is 5.16. The van der Waals surface area contributed by atoms with Crippen LogP contribution in [0, 0.1) is 22.5 Å². The summed E-state index contributed by atoms with van der Waals surface area (Å²) in [6.45, 7) is 7.47. The van der Waals surface area contributed by atoms with E-state index in [0.717, 1.165) is 5.56 Å². The summed E-state index contributed by atoms with van der Waals surface area (Å²) in [6.07, 6.45) is 0. The lowest BCUT2D eigenvalue weighted by Crippen LogP contribution is -2.34. The molecular weight excluding hydrogens is 232 g/mol. The molecule has 0 aliphatic carbocycles. The maximum atomic E-state index is 11.7. The van der Waals surface area contributed by atoms with E-state index in [1.807, 2.05) is 20.8 Å². The van der Waals surface area contributed by atoms with Gasteiger partial charge in [0, 0.05) is 23.6 Å². The molecule has 1 N–H and O–H groups in total. The zero-order valence-corrected chi connectivity index (χ0v) is 11.1. The van der Waals surface area contributed by atoms with E-state index >= 15 is 0 Å². The fourth-order valence-electron chi connectivity index (χ4n) is 1.50. The first-order valence-electron chi connectivity index (χ1n) is 5.74. The van der Waals surface area contributed by atoms with Gasteiger partial charge in [0.1, 0.15) is 0 Å². The first-order chi connectivity index (χ1) is 8.23. The summed E-state index contributed by atoms with van der Waals surface area (Å²) in [5.74, 6) is -0.0755. The number of nitro benzene ring substituents is 1. The quantitative estimate of drug-likeness (QED) is 0.662. The number of nitro groups is 1. The zero-order valence-electron chi connectivity index (χ0n) is 11.1. The topological polar surface area (TPSA) is 72.2 Å². The molecule has 1 aromatic rings. The van der Waals surface area contributed by atoms with Crippen LogP contribution in [0.15, 0.2) is 18.2 Å². The van der Waals surface area contributed by atoms with Gasteiger partial charge in [0.25, 0.3) is 5.69 Å². The smallest absolute Gasteiger partial charge is 0.272 e. The Balaban J connectivity index is 2.84. The molecule has 18 heavy (non-hydrogen) atoms. The monoisotopic (exact) mass is 250 g/mol. The summed E-state index contributed by atoms with van der Waals surface area (Å²) < 4.78 is 0. The van der Waals surface area contributed by atoms with E-state index in [2.05, 4.69) is 5.32 Å². The number of amides is 1. The number of benzene rings is 1. The van der Waals surface area contributed by atoms with Crippen molar-refractivity contribution in [2.24, 2.45) is 5.41 Å². The van der Waals surface area contributed by atoms with Crippen LogP contribution >= 0.6 is 0 Å². The van der Waals surface area contributed by atoms with Gasteiger partial charge in [0.05, 0.1) is 4.92 Å². The average molecular weight is 250 g/mol. The Hall–Kier alpha value is -1.91. The van der Waals surface area contributed by atoms with Crippen molar-refractivity contribution in [1.29, 1.82) is 0 Å². The molecule has 5 heteroatoms. The van der Waals surface area contributed by atoms with Crippen molar-refractivity contribution in [1.82, 2.24) is 5.32 Å². The molecule has 0 atom stereocenters. The van der Waals surface area contributed by atoms with E-state index < -0.39 is 10.3 Å². The highest BCUT2D eigenvalue weighted by Crippen LogP contribution is 2.21. The summed E-state index contributed by atoms with van der Waals surface area (Å²) in [6, 6.07) is 4.87. The van der Waals surface area contributed by atoms with Crippen LogP contribution in [0.4, 0.5) is 5.69 Å². The van der Waals surface area contributed by atoms with Gasteiger partial charge in [0.2, 0.25) is 5.91 Å². The average Bonchev–Trinajstić information content (AvgIpc) is 2.25. The van der Waals surface area contributed by atoms with Crippen molar-refractivity contribution in [3.05, 3.63) is 39.4 Å². The Kier molecular flexibility index (Phi) is 4.06. The van der Waals surface area contributed by atoms with E-state index in [9.17, 15) is 14.9 Å². The van der Waals surface area contributed by atoms with Gasteiger partial charge in [-0.25, -0.2) is 0 Å². The Morgan fingerprint density at radius 3 is 2.50 bits per heavy atom.